The van der Waals surface area contributed by atoms with E-state index in [1.165, 1.54) is 17.8 Å². The average Bonchev–Trinajstić information content (AvgIpc) is 3.24. The summed E-state index contributed by atoms with van der Waals surface area (Å²) in [6.07, 6.45) is 0. The minimum absolute atomic E-state index is 0.0351. The number of hydrogen-bond donors (Lipinski definition) is 1. The van der Waals surface area contributed by atoms with E-state index in [2.05, 4.69) is 15.5 Å². The number of amides is 1. The summed E-state index contributed by atoms with van der Waals surface area (Å²) in [6, 6.07) is 22.3. The zero-order valence-corrected chi connectivity index (χ0v) is 18.9. The molecular formula is C24H21N5O3S. The molecule has 0 saturated heterocycles. The van der Waals surface area contributed by atoms with E-state index in [1.54, 1.807) is 19.1 Å². The Morgan fingerprint density at radius 2 is 1.73 bits per heavy atom. The maximum Gasteiger partial charge on any atom is 0.274 e. The van der Waals surface area contributed by atoms with E-state index in [-0.39, 0.29) is 17.3 Å². The smallest absolute Gasteiger partial charge is 0.274 e. The third-order valence-electron chi connectivity index (χ3n) is 5.07. The predicted molar refractivity (Wildman–Crippen MR) is 129 cm³/mol. The lowest BCUT2D eigenvalue weighted by Crippen LogP contribution is -2.15. The summed E-state index contributed by atoms with van der Waals surface area (Å²) in [5.41, 5.74) is 3.73. The highest BCUT2D eigenvalue weighted by Crippen LogP contribution is 2.29. The van der Waals surface area contributed by atoms with Crippen LogP contribution in [0, 0.1) is 24.0 Å². The molecule has 0 aliphatic rings. The van der Waals surface area contributed by atoms with Crippen LogP contribution in [0.2, 0.25) is 0 Å². The Bertz CT molecular complexity index is 1300. The van der Waals surface area contributed by atoms with E-state index < -0.39 is 4.92 Å². The summed E-state index contributed by atoms with van der Waals surface area (Å²) in [7, 11) is 0. The summed E-state index contributed by atoms with van der Waals surface area (Å²) < 4.78 is 1.92. The van der Waals surface area contributed by atoms with Crippen LogP contribution in [0.1, 0.15) is 11.1 Å². The zero-order chi connectivity index (χ0) is 23.4. The Kier molecular flexibility index (Phi) is 6.50. The number of hydrogen-bond acceptors (Lipinski definition) is 6. The summed E-state index contributed by atoms with van der Waals surface area (Å²) in [5, 5.41) is 23.2. The largest absolute Gasteiger partial charge is 0.325 e. The SMILES string of the molecule is Cc1ccc(-n2c(SCC(=O)Nc3cccc([N+](=O)[O-])c3C)nnc2-c2ccccc2)cc1. The second-order valence-electron chi connectivity index (χ2n) is 7.39. The lowest BCUT2D eigenvalue weighted by molar-refractivity contribution is -0.385. The number of carbonyl (C=O) groups excluding carboxylic acids is 1. The normalized spacial score (nSPS) is 10.7. The molecule has 4 aromatic rings. The standard InChI is InChI=1S/C24H21N5O3S/c1-16-11-13-19(14-12-16)28-23(18-7-4-3-5-8-18)26-27-24(28)33-15-22(30)25-20-9-6-10-21(17(20)2)29(31)32/h3-14H,15H2,1-2H3,(H,25,30). The zero-order valence-electron chi connectivity index (χ0n) is 18.1. The van der Waals surface area contributed by atoms with Crippen molar-refractivity contribution in [2.24, 2.45) is 0 Å². The van der Waals surface area contributed by atoms with Crippen molar-refractivity contribution in [1.82, 2.24) is 14.8 Å². The maximum atomic E-state index is 12.6. The highest BCUT2D eigenvalue weighted by molar-refractivity contribution is 7.99. The van der Waals surface area contributed by atoms with Crippen LogP contribution < -0.4 is 5.32 Å². The third-order valence-corrected chi connectivity index (χ3v) is 5.99. The molecule has 33 heavy (non-hydrogen) atoms. The van der Waals surface area contributed by atoms with Crippen LogP contribution >= 0.6 is 11.8 Å². The Morgan fingerprint density at radius 1 is 1.00 bits per heavy atom. The Labute approximate surface area is 194 Å². The first-order chi connectivity index (χ1) is 15.9. The Hall–Kier alpha value is -3.98. The van der Waals surface area contributed by atoms with Crippen molar-refractivity contribution in [2.45, 2.75) is 19.0 Å². The number of carbonyl (C=O) groups is 1. The van der Waals surface area contributed by atoms with Crippen LogP contribution in [0.5, 0.6) is 0 Å². The number of aryl methyl sites for hydroxylation is 1. The molecule has 0 spiro atoms. The summed E-state index contributed by atoms with van der Waals surface area (Å²) in [6.45, 7) is 3.63. The van der Waals surface area contributed by atoms with Crippen LogP contribution in [-0.4, -0.2) is 31.3 Å². The van der Waals surface area contributed by atoms with Crippen molar-refractivity contribution in [1.29, 1.82) is 0 Å². The number of thioether (sulfide) groups is 1. The summed E-state index contributed by atoms with van der Waals surface area (Å²) in [5.74, 6) is 0.459. The van der Waals surface area contributed by atoms with Gasteiger partial charge in [0.2, 0.25) is 5.91 Å². The Morgan fingerprint density at radius 3 is 2.42 bits per heavy atom. The molecule has 0 radical (unpaired) electrons. The average molecular weight is 460 g/mol. The molecule has 166 valence electrons. The van der Waals surface area contributed by atoms with Gasteiger partial charge in [-0.1, -0.05) is 65.9 Å². The number of anilines is 1. The minimum atomic E-state index is -0.463. The van der Waals surface area contributed by atoms with Crippen LogP contribution in [0.15, 0.2) is 78.0 Å². The fourth-order valence-electron chi connectivity index (χ4n) is 3.34. The minimum Gasteiger partial charge on any atom is -0.325 e. The van der Waals surface area contributed by atoms with E-state index >= 15 is 0 Å². The molecule has 0 aliphatic heterocycles. The molecule has 1 N–H and O–H groups in total. The lowest BCUT2D eigenvalue weighted by atomic mass is 10.1. The molecule has 1 heterocycles. The van der Waals surface area contributed by atoms with E-state index in [4.69, 9.17) is 0 Å². The van der Waals surface area contributed by atoms with Crippen LogP contribution in [0.25, 0.3) is 17.1 Å². The van der Waals surface area contributed by atoms with E-state index in [0.717, 1.165) is 16.8 Å². The molecule has 3 aromatic carbocycles. The van der Waals surface area contributed by atoms with E-state index in [1.807, 2.05) is 66.1 Å². The van der Waals surface area contributed by atoms with Gasteiger partial charge in [-0.3, -0.25) is 19.5 Å². The van der Waals surface area contributed by atoms with Crippen LogP contribution in [0.4, 0.5) is 11.4 Å². The fourth-order valence-corrected chi connectivity index (χ4v) is 4.09. The number of nitro benzene ring substituents is 1. The quantitative estimate of drug-likeness (QED) is 0.232. The van der Waals surface area contributed by atoms with Crippen molar-refractivity contribution in [3.63, 3.8) is 0 Å². The molecule has 0 fully saturated rings. The van der Waals surface area contributed by atoms with Gasteiger partial charge >= 0.3 is 0 Å². The van der Waals surface area contributed by atoms with Gasteiger partial charge in [-0.05, 0) is 32.0 Å². The first-order valence-electron chi connectivity index (χ1n) is 10.2. The van der Waals surface area contributed by atoms with Gasteiger partial charge in [0, 0.05) is 17.3 Å². The molecular weight excluding hydrogens is 438 g/mol. The van der Waals surface area contributed by atoms with Gasteiger partial charge in [0.25, 0.3) is 5.69 Å². The first-order valence-corrected chi connectivity index (χ1v) is 11.2. The number of nitrogens with one attached hydrogen (secondary N) is 1. The number of benzene rings is 3. The van der Waals surface area contributed by atoms with Gasteiger partial charge in [0.1, 0.15) is 0 Å². The van der Waals surface area contributed by atoms with Gasteiger partial charge in [0.05, 0.1) is 21.9 Å². The van der Waals surface area contributed by atoms with Crippen molar-refractivity contribution >= 4 is 29.0 Å². The van der Waals surface area contributed by atoms with Crippen molar-refractivity contribution in [3.05, 3.63) is 94.0 Å². The molecule has 0 bridgehead atoms. The van der Waals surface area contributed by atoms with Crippen molar-refractivity contribution < 1.29 is 9.72 Å². The molecule has 0 aliphatic carbocycles. The molecule has 0 unspecified atom stereocenters. The fraction of sp³-hybridized carbons (Fsp3) is 0.125. The van der Waals surface area contributed by atoms with E-state index in [9.17, 15) is 14.9 Å². The topological polar surface area (TPSA) is 103 Å². The van der Waals surface area contributed by atoms with Crippen LogP contribution in [0.3, 0.4) is 0 Å². The van der Waals surface area contributed by atoms with Gasteiger partial charge in [-0.15, -0.1) is 10.2 Å². The molecule has 0 saturated carbocycles. The van der Waals surface area contributed by atoms with Gasteiger partial charge in [0.15, 0.2) is 11.0 Å². The van der Waals surface area contributed by atoms with Crippen LogP contribution in [-0.2, 0) is 4.79 Å². The molecule has 1 aromatic heterocycles. The highest BCUT2D eigenvalue weighted by Gasteiger charge is 2.19. The summed E-state index contributed by atoms with van der Waals surface area (Å²) in [4.78, 5) is 23.3. The number of rotatable bonds is 7. The van der Waals surface area contributed by atoms with Crippen molar-refractivity contribution in [2.75, 3.05) is 11.1 Å². The molecule has 0 atom stereocenters. The van der Waals surface area contributed by atoms with Gasteiger partial charge in [-0.25, -0.2) is 0 Å². The molecule has 8 nitrogen and oxygen atoms in total. The predicted octanol–water partition coefficient (Wildman–Crippen LogP) is 5.19. The number of nitro groups is 1. The third kappa shape index (κ3) is 4.93. The summed E-state index contributed by atoms with van der Waals surface area (Å²) >= 11 is 1.25. The second kappa shape index (κ2) is 9.66. The lowest BCUT2D eigenvalue weighted by Gasteiger charge is -2.11. The highest BCUT2D eigenvalue weighted by atomic mass is 32.2. The Balaban J connectivity index is 1.58. The number of aromatic nitrogens is 3. The number of nitrogens with zero attached hydrogens (tertiary/aromatic N) is 4. The molecule has 9 heteroatoms. The van der Waals surface area contributed by atoms with Gasteiger partial charge in [-0.2, -0.15) is 0 Å². The maximum absolute atomic E-state index is 12.6. The molecule has 1 amide bonds. The second-order valence-corrected chi connectivity index (χ2v) is 8.33. The molecule has 4 rings (SSSR count). The van der Waals surface area contributed by atoms with Crippen molar-refractivity contribution in [3.8, 4) is 17.1 Å². The van der Waals surface area contributed by atoms with E-state index in [0.29, 0.717) is 22.2 Å². The monoisotopic (exact) mass is 459 g/mol. The van der Waals surface area contributed by atoms with Gasteiger partial charge < -0.3 is 5.32 Å². The first kappa shape index (κ1) is 22.2.